The van der Waals surface area contributed by atoms with Gasteiger partial charge in [-0.1, -0.05) is 6.07 Å². The van der Waals surface area contributed by atoms with Crippen molar-refractivity contribution >= 4 is 17.4 Å². The van der Waals surface area contributed by atoms with Gasteiger partial charge in [-0.05, 0) is 42.8 Å². The van der Waals surface area contributed by atoms with Crippen LogP contribution >= 0.6 is 0 Å². The van der Waals surface area contributed by atoms with Gasteiger partial charge in [0, 0.05) is 5.56 Å². The van der Waals surface area contributed by atoms with E-state index < -0.39 is 0 Å². The van der Waals surface area contributed by atoms with Gasteiger partial charge in [0.05, 0.1) is 32.9 Å². The molecule has 0 aliphatic carbocycles. The topological polar surface area (TPSA) is 65.1 Å². The molecule has 2 aromatic rings. The molecule has 6 nitrogen and oxygen atoms in total. The first-order valence-corrected chi connectivity index (χ1v) is 8.32. The first-order chi connectivity index (χ1) is 12.5. The fraction of sp³-hybridized carbons (Fsp3) is 0.300. The molecule has 0 saturated carbocycles. The van der Waals surface area contributed by atoms with Crippen LogP contribution in [0.2, 0.25) is 0 Å². The van der Waals surface area contributed by atoms with Crippen molar-refractivity contribution in [2.45, 2.75) is 13.3 Å². The van der Waals surface area contributed by atoms with Gasteiger partial charge in [0.1, 0.15) is 12.4 Å². The van der Waals surface area contributed by atoms with Crippen LogP contribution in [0, 0.1) is 0 Å². The molecule has 0 N–H and O–H groups in total. The van der Waals surface area contributed by atoms with Gasteiger partial charge >= 0.3 is 0 Å². The normalized spacial score (nSPS) is 12.8. The molecule has 0 bridgehead atoms. The number of Topliss-reactive ketones (excluding diaryl/α,β-unsaturated/α-hetero) is 1. The molecule has 2 aromatic carbocycles. The number of rotatable bonds is 5. The van der Waals surface area contributed by atoms with Crippen molar-refractivity contribution in [1.29, 1.82) is 0 Å². The monoisotopic (exact) mass is 355 g/mol. The Balaban J connectivity index is 1.86. The van der Waals surface area contributed by atoms with E-state index in [-0.39, 0.29) is 18.1 Å². The molecule has 0 fully saturated rings. The third kappa shape index (κ3) is 3.49. The Hall–Kier alpha value is -3.02. The zero-order valence-corrected chi connectivity index (χ0v) is 15.1. The maximum Gasteiger partial charge on any atom is 0.231 e. The Morgan fingerprint density at radius 2 is 1.85 bits per heavy atom. The summed E-state index contributed by atoms with van der Waals surface area (Å²) in [5, 5.41) is 0. The lowest BCUT2D eigenvalue weighted by atomic mass is 10.1. The standard InChI is InChI=1S/C20H21NO5/c1-13(22)15-5-7-17-16(12-15)21(8-9-26-17)20(23)11-14-4-6-18(24-2)19(10-14)25-3/h4-7,10,12H,8-9,11H2,1-3H3. The third-order valence-corrected chi connectivity index (χ3v) is 4.33. The molecule has 136 valence electrons. The summed E-state index contributed by atoms with van der Waals surface area (Å²) >= 11 is 0. The lowest BCUT2D eigenvalue weighted by molar-refractivity contribution is -0.118. The number of anilines is 1. The van der Waals surface area contributed by atoms with E-state index in [1.54, 1.807) is 49.5 Å². The number of ether oxygens (including phenoxy) is 3. The van der Waals surface area contributed by atoms with Crippen LogP contribution in [-0.4, -0.2) is 39.1 Å². The second-order valence-electron chi connectivity index (χ2n) is 6.00. The van der Waals surface area contributed by atoms with Crippen LogP contribution in [0.25, 0.3) is 0 Å². The van der Waals surface area contributed by atoms with Crippen molar-refractivity contribution in [2.24, 2.45) is 0 Å². The molecule has 0 spiro atoms. The molecule has 3 rings (SSSR count). The van der Waals surface area contributed by atoms with Gasteiger partial charge < -0.3 is 19.1 Å². The summed E-state index contributed by atoms with van der Waals surface area (Å²) in [4.78, 5) is 26.2. The number of nitrogens with zero attached hydrogens (tertiary/aromatic N) is 1. The highest BCUT2D eigenvalue weighted by molar-refractivity contribution is 6.00. The third-order valence-electron chi connectivity index (χ3n) is 4.33. The highest BCUT2D eigenvalue weighted by Gasteiger charge is 2.25. The number of fused-ring (bicyclic) bond motifs is 1. The Bertz CT molecular complexity index is 846. The lowest BCUT2D eigenvalue weighted by Gasteiger charge is -2.30. The van der Waals surface area contributed by atoms with Crippen LogP contribution in [0.1, 0.15) is 22.8 Å². The Morgan fingerprint density at radius 1 is 1.08 bits per heavy atom. The van der Waals surface area contributed by atoms with Crippen LogP contribution in [0.5, 0.6) is 17.2 Å². The maximum atomic E-state index is 12.9. The Morgan fingerprint density at radius 3 is 2.54 bits per heavy atom. The number of carbonyl (C=O) groups is 2. The number of hydrogen-bond acceptors (Lipinski definition) is 5. The van der Waals surface area contributed by atoms with E-state index in [1.165, 1.54) is 6.92 Å². The van der Waals surface area contributed by atoms with Gasteiger partial charge in [0.25, 0.3) is 0 Å². The summed E-state index contributed by atoms with van der Waals surface area (Å²) in [5.74, 6) is 1.70. The fourth-order valence-electron chi connectivity index (χ4n) is 2.96. The van der Waals surface area contributed by atoms with Crippen molar-refractivity contribution in [3.8, 4) is 17.2 Å². The molecular formula is C20H21NO5. The molecular weight excluding hydrogens is 334 g/mol. The summed E-state index contributed by atoms with van der Waals surface area (Å²) in [7, 11) is 3.13. The zero-order valence-electron chi connectivity index (χ0n) is 15.1. The number of hydrogen-bond donors (Lipinski definition) is 0. The van der Waals surface area contributed by atoms with E-state index >= 15 is 0 Å². The maximum absolute atomic E-state index is 12.9. The highest BCUT2D eigenvalue weighted by Crippen LogP contribution is 2.34. The molecule has 1 aliphatic heterocycles. The predicted octanol–water partition coefficient (Wildman–Crippen LogP) is 2.87. The summed E-state index contributed by atoms with van der Waals surface area (Å²) in [6, 6.07) is 10.6. The Labute approximate surface area is 152 Å². The number of ketones is 1. The van der Waals surface area contributed by atoms with Crippen LogP contribution in [0.3, 0.4) is 0 Å². The molecule has 6 heteroatoms. The van der Waals surface area contributed by atoms with E-state index in [1.807, 2.05) is 6.07 Å². The quantitative estimate of drug-likeness (QED) is 0.772. The van der Waals surface area contributed by atoms with Gasteiger partial charge in [-0.3, -0.25) is 9.59 Å². The summed E-state index contributed by atoms with van der Waals surface area (Å²) in [6.45, 7) is 2.37. The summed E-state index contributed by atoms with van der Waals surface area (Å²) in [6.07, 6.45) is 0.212. The van der Waals surface area contributed by atoms with Crippen molar-refractivity contribution in [3.63, 3.8) is 0 Å². The SMILES string of the molecule is COc1ccc(CC(=O)N2CCOc3ccc(C(C)=O)cc32)cc1OC. The lowest BCUT2D eigenvalue weighted by Crippen LogP contribution is -2.39. The van der Waals surface area contributed by atoms with Crippen molar-refractivity contribution in [2.75, 3.05) is 32.3 Å². The molecule has 0 unspecified atom stereocenters. The molecule has 0 radical (unpaired) electrons. The smallest absolute Gasteiger partial charge is 0.231 e. The van der Waals surface area contributed by atoms with E-state index in [4.69, 9.17) is 14.2 Å². The van der Waals surface area contributed by atoms with Gasteiger partial charge in [-0.25, -0.2) is 0 Å². The number of benzene rings is 2. The van der Waals surface area contributed by atoms with E-state index in [0.29, 0.717) is 41.7 Å². The van der Waals surface area contributed by atoms with Crippen LogP contribution in [0.15, 0.2) is 36.4 Å². The predicted molar refractivity (Wildman–Crippen MR) is 97.5 cm³/mol. The second kappa shape index (κ2) is 7.47. The largest absolute Gasteiger partial charge is 0.493 e. The van der Waals surface area contributed by atoms with Crippen LogP contribution in [-0.2, 0) is 11.2 Å². The van der Waals surface area contributed by atoms with Crippen LogP contribution in [0.4, 0.5) is 5.69 Å². The van der Waals surface area contributed by atoms with Gasteiger partial charge in [0.2, 0.25) is 5.91 Å². The molecule has 0 atom stereocenters. The van der Waals surface area contributed by atoms with Crippen molar-refractivity contribution < 1.29 is 23.8 Å². The molecule has 1 heterocycles. The number of amides is 1. The average Bonchev–Trinajstić information content (AvgIpc) is 2.66. The van der Waals surface area contributed by atoms with E-state index in [9.17, 15) is 9.59 Å². The Kier molecular flexibility index (Phi) is 5.11. The first-order valence-electron chi connectivity index (χ1n) is 8.32. The minimum absolute atomic E-state index is 0.0503. The first kappa shape index (κ1) is 17.8. The molecule has 26 heavy (non-hydrogen) atoms. The number of methoxy groups -OCH3 is 2. The zero-order chi connectivity index (χ0) is 18.7. The van der Waals surface area contributed by atoms with Gasteiger partial charge in [-0.2, -0.15) is 0 Å². The van der Waals surface area contributed by atoms with Crippen molar-refractivity contribution in [1.82, 2.24) is 0 Å². The second-order valence-corrected chi connectivity index (χ2v) is 6.00. The molecule has 0 saturated heterocycles. The minimum Gasteiger partial charge on any atom is -0.493 e. The van der Waals surface area contributed by atoms with E-state index in [0.717, 1.165) is 5.56 Å². The van der Waals surface area contributed by atoms with Gasteiger partial charge in [-0.15, -0.1) is 0 Å². The van der Waals surface area contributed by atoms with Gasteiger partial charge in [0.15, 0.2) is 17.3 Å². The highest BCUT2D eigenvalue weighted by atomic mass is 16.5. The average molecular weight is 355 g/mol. The van der Waals surface area contributed by atoms with Crippen LogP contribution < -0.4 is 19.1 Å². The number of carbonyl (C=O) groups excluding carboxylic acids is 2. The molecule has 1 aliphatic rings. The fourth-order valence-corrected chi connectivity index (χ4v) is 2.96. The summed E-state index contributed by atoms with van der Waals surface area (Å²) < 4.78 is 16.1. The molecule has 0 aromatic heterocycles. The van der Waals surface area contributed by atoms with Crippen molar-refractivity contribution in [3.05, 3.63) is 47.5 Å². The summed E-state index contributed by atoms with van der Waals surface area (Å²) in [5.41, 5.74) is 2.01. The minimum atomic E-state index is -0.0672. The molecule has 1 amide bonds. The van der Waals surface area contributed by atoms with E-state index in [2.05, 4.69) is 0 Å².